The summed E-state index contributed by atoms with van der Waals surface area (Å²) in [6, 6.07) is 0.360. The number of nitrogens with two attached hydrogens (primary N) is 1. The van der Waals surface area contributed by atoms with E-state index in [1.165, 1.54) is 0 Å². The highest BCUT2D eigenvalue weighted by molar-refractivity contribution is 5.56. The van der Waals surface area contributed by atoms with Gasteiger partial charge in [0.25, 0.3) is 0 Å². The molecule has 5 nitrogen and oxygen atoms in total. The Morgan fingerprint density at radius 1 is 1.06 bits per heavy atom. The Balaban J connectivity index is 2.99. The van der Waals surface area contributed by atoms with Crippen molar-refractivity contribution >= 4 is 11.6 Å². The van der Waals surface area contributed by atoms with Crippen molar-refractivity contribution in [3.05, 3.63) is 11.4 Å². The molecule has 0 spiro atoms. The minimum atomic E-state index is 0.360. The Morgan fingerprint density at radius 3 is 2.12 bits per heavy atom. The summed E-state index contributed by atoms with van der Waals surface area (Å²) in [5, 5.41) is 3.38. The molecule has 0 aromatic carbocycles. The fraction of sp³-hybridized carbons (Fsp3) is 0.636. The van der Waals surface area contributed by atoms with Crippen LogP contribution in [-0.2, 0) is 0 Å². The van der Waals surface area contributed by atoms with Crippen LogP contribution in [0.5, 0.6) is 0 Å². The lowest BCUT2D eigenvalue weighted by Gasteiger charge is -2.20. The van der Waals surface area contributed by atoms with Gasteiger partial charge in [0.1, 0.15) is 17.5 Å². The van der Waals surface area contributed by atoms with E-state index >= 15 is 0 Å². The van der Waals surface area contributed by atoms with Crippen LogP contribution in [-0.4, -0.2) is 16.0 Å². The summed E-state index contributed by atoms with van der Waals surface area (Å²) in [4.78, 5) is 8.60. The van der Waals surface area contributed by atoms with E-state index in [1.54, 1.807) is 0 Å². The molecule has 1 unspecified atom stereocenters. The number of rotatable bonds is 4. The number of hydrazine groups is 1. The Labute approximate surface area is 96.8 Å². The molecule has 0 fully saturated rings. The average molecular weight is 223 g/mol. The van der Waals surface area contributed by atoms with Gasteiger partial charge in [-0.1, -0.05) is 13.8 Å². The lowest BCUT2D eigenvalue weighted by atomic mass is 10.1. The predicted molar refractivity (Wildman–Crippen MR) is 67.2 cm³/mol. The van der Waals surface area contributed by atoms with Crippen LogP contribution < -0.4 is 16.6 Å². The van der Waals surface area contributed by atoms with Gasteiger partial charge in [-0.2, -0.15) is 0 Å². The number of hydrogen-bond acceptors (Lipinski definition) is 5. The number of nitrogen functional groups attached to an aromatic ring is 1. The average Bonchev–Trinajstić information content (AvgIpc) is 2.22. The monoisotopic (exact) mass is 223 g/mol. The smallest absolute Gasteiger partial charge is 0.148 e. The first kappa shape index (κ1) is 12.7. The van der Waals surface area contributed by atoms with Gasteiger partial charge >= 0.3 is 0 Å². The predicted octanol–water partition coefficient (Wildman–Crippen LogP) is 1.84. The van der Waals surface area contributed by atoms with Gasteiger partial charge in [0, 0.05) is 11.6 Å². The second-order valence-electron chi connectivity index (χ2n) is 4.41. The van der Waals surface area contributed by atoms with Gasteiger partial charge in [-0.3, -0.25) is 0 Å². The second-order valence-corrected chi connectivity index (χ2v) is 4.41. The van der Waals surface area contributed by atoms with Crippen molar-refractivity contribution in [2.45, 2.75) is 40.7 Å². The van der Waals surface area contributed by atoms with Gasteiger partial charge in [-0.05, 0) is 26.7 Å². The Kier molecular flexibility index (Phi) is 4.06. The van der Waals surface area contributed by atoms with Crippen LogP contribution in [0.25, 0.3) is 0 Å². The summed E-state index contributed by atoms with van der Waals surface area (Å²) in [6.07, 6.45) is 0. The molecule has 4 N–H and O–H groups in total. The van der Waals surface area contributed by atoms with Crippen molar-refractivity contribution in [2.24, 2.45) is 11.8 Å². The molecule has 1 rings (SSSR count). The van der Waals surface area contributed by atoms with E-state index in [-0.39, 0.29) is 0 Å². The van der Waals surface area contributed by atoms with Crippen LogP contribution in [0.3, 0.4) is 0 Å². The molecule has 0 saturated carbocycles. The zero-order valence-corrected chi connectivity index (χ0v) is 10.6. The van der Waals surface area contributed by atoms with E-state index in [1.807, 2.05) is 13.8 Å². The number of aryl methyl sites for hydroxylation is 1. The van der Waals surface area contributed by atoms with Crippen molar-refractivity contribution in [3.63, 3.8) is 0 Å². The Hall–Kier alpha value is -1.36. The molecule has 1 heterocycles. The molecule has 1 atom stereocenters. The van der Waals surface area contributed by atoms with Crippen LogP contribution in [0.2, 0.25) is 0 Å². The molecule has 0 bridgehead atoms. The fourth-order valence-corrected chi connectivity index (χ4v) is 1.29. The summed E-state index contributed by atoms with van der Waals surface area (Å²) >= 11 is 0. The van der Waals surface area contributed by atoms with E-state index < -0.39 is 0 Å². The summed E-state index contributed by atoms with van der Waals surface area (Å²) in [7, 11) is 0. The van der Waals surface area contributed by atoms with Crippen LogP contribution in [0.1, 0.15) is 32.2 Å². The highest BCUT2D eigenvalue weighted by Gasteiger charge is 2.12. The number of nitrogens with zero attached hydrogens (tertiary/aromatic N) is 2. The topological polar surface area (TPSA) is 75.9 Å². The molecule has 0 aliphatic heterocycles. The fourth-order valence-electron chi connectivity index (χ4n) is 1.29. The largest absolute Gasteiger partial charge is 0.367 e. The molecule has 0 amide bonds. The third-order valence-corrected chi connectivity index (χ3v) is 2.76. The van der Waals surface area contributed by atoms with E-state index in [0.29, 0.717) is 23.6 Å². The maximum atomic E-state index is 5.41. The molecule has 0 aliphatic carbocycles. The standard InChI is InChI=1S/C11H21N5/c1-6(2)8(4)13-10-7(3)11(16-12)15-9(5)14-10/h6,8H,12H2,1-5H3,(H2,13,14,15,16). The third-order valence-electron chi connectivity index (χ3n) is 2.76. The van der Waals surface area contributed by atoms with E-state index in [9.17, 15) is 0 Å². The maximum absolute atomic E-state index is 5.41. The first-order valence-corrected chi connectivity index (χ1v) is 5.54. The van der Waals surface area contributed by atoms with Crippen molar-refractivity contribution in [2.75, 3.05) is 10.7 Å². The lowest BCUT2D eigenvalue weighted by molar-refractivity contribution is 0.557. The Morgan fingerprint density at radius 2 is 1.62 bits per heavy atom. The summed E-state index contributed by atoms with van der Waals surface area (Å²) in [5.74, 6) is 8.18. The van der Waals surface area contributed by atoms with Gasteiger partial charge < -0.3 is 10.7 Å². The third kappa shape index (κ3) is 2.82. The van der Waals surface area contributed by atoms with Crippen molar-refractivity contribution < 1.29 is 0 Å². The van der Waals surface area contributed by atoms with Crippen molar-refractivity contribution in [3.8, 4) is 0 Å². The van der Waals surface area contributed by atoms with Gasteiger partial charge in [-0.15, -0.1) is 0 Å². The van der Waals surface area contributed by atoms with E-state index in [0.717, 1.165) is 11.4 Å². The molecular formula is C11H21N5. The van der Waals surface area contributed by atoms with Gasteiger partial charge in [0.2, 0.25) is 0 Å². The van der Waals surface area contributed by atoms with Crippen LogP contribution in [0.4, 0.5) is 11.6 Å². The van der Waals surface area contributed by atoms with Gasteiger partial charge in [-0.25, -0.2) is 15.8 Å². The number of anilines is 2. The Bertz CT molecular complexity index is 362. The first-order valence-electron chi connectivity index (χ1n) is 5.54. The van der Waals surface area contributed by atoms with Crippen LogP contribution in [0.15, 0.2) is 0 Å². The molecule has 0 aliphatic rings. The quantitative estimate of drug-likeness (QED) is 0.536. The highest BCUT2D eigenvalue weighted by atomic mass is 15.3. The van der Waals surface area contributed by atoms with Crippen molar-refractivity contribution in [1.29, 1.82) is 0 Å². The maximum Gasteiger partial charge on any atom is 0.148 e. The van der Waals surface area contributed by atoms with Gasteiger partial charge in [0.15, 0.2) is 0 Å². The molecule has 90 valence electrons. The summed E-state index contributed by atoms with van der Waals surface area (Å²) in [5.41, 5.74) is 3.53. The SMILES string of the molecule is Cc1nc(NN)c(C)c(NC(C)C(C)C)n1. The second kappa shape index (κ2) is 5.12. The van der Waals surface area contributed by atoms with E-state index in [2.05, 4.69) is 41.5 Å². The molecular weight excluding hydrogens is 202 g/mol. The molecule has 5 heteroatoms. The van der Waals surface area contributed by atoms with Gasteiger partial charge in [0.05, 0.1) is 0 Å². The molecule has 0 radical (unpaired) electrons. The van der Waals surface area contributed by atoms with E-state index in [4.69, 9.17) is 5.84 Å². The van der Waals surface area contributed by atoms with Crippen molar-refractivity contribution in [1.82, 2.24) is 9.97 Å². The summed E-state index contributed by atoms with van der Waals surface area (Å²) in [6.45, 7) is 10.3. The van der Waals surface area contributed by atoms with Crippen LogP contribution >= 0.6 is 0 Å². The lowest BCUT2D eigenvalue weighted by Crippen LogP contribution is -2.24. The molecule has 1 aromatic rings. The number of hydrogen-bond donors (Lipinski definition) is 3. The molecule has 16 heavy (non-hydrogen) atoms. The minimum absolute atomic E-state index is 0.360. The minimum Gasteiger partial charge on any atom is -0.367 e. The number of nitrogens with one attached hydrogen (secondary N) is 2. The molecule has 1 aromatic heterocycles. The molecule has 0 saturated heterocycles. The first-order chi connectivity index (χ1) is 7.45. The van der Waals surface area contributed by atoms with Crippen LogP contribution in [0, 0.1) is 19.8 Å². The highest BCUT2D eigenvalue weighted by Crippen LogP contribution is 2.20. The summed E-state index contributed by atoms with van der Waals surface area (Å²) < 4.78 is 0. The number of aromatic nitrogens is 2. The normalized spacial score (nSPS) is 12.7. The zero-order valence-electron chi connectivity index (χ0n) is 10.6. The zero-order chi connectivity index (χ0) is 12.3.